The summed E-state index contributed by atoms with van der Waals surface area (Å²) in [7, 11) is 0. The van der Waals surface area contributed by atoms with Gasteiger partial charge in [-0.25, -0.2) is 10.4 Å². The van der Waals surface area contributed by atoms with Gasteiger partial charge in [-0.3, -0.25) is 10.8 Å². The number of rotatable bonds is 4. The molecule has 0 saturated heterocycles. The van der Waals surface area contributed by atoms with E-state index in [4.69, 9.17) is 5.84 Å². The number of aromatic nitrogens is 3. The predicted molar refractivity (Wildman–Crippen MR) is 66.0 cm³/mol. The highest BCUT2D eigenvalue weighted by Crippen LogP contribution is 2.21. The first-order valence-electron chi connectivity index (χ1n) is 5.66. The van der Waals surface area contributed by atoms with Crippen molar-refractivity contribution < 1.29 is 0 Å². The molecule has 1 unspecified atom stereocenters. The Morgan fingerprint density at radius 3 is 2.88 bits per heavy atom. The average Bonchev–Trinajstić information content (AvgIpc) is 2.81. The summed E-state index contributed by atoms with van der Waals surface area (Å²) >= 11 is 0. The molecular weight excluding hydrogens is 214 g/mol. The van der Waals surface area contributed by atoms with E-state index in [2.05, 4.69) is 26.9 Å². The number of pyridine rings is 1. The van der Waals surface area contributed by atoms with E-state index < -0.39 is 0 Å². The van der Waals surface area contributed by atoms with Crippen molar-refractivity contribution in [2.45, 2.75) is 26.4 Å². The molecule has 0 aliphatic rings. The van der Waals surface area contributed by atoms with Gasteiger partial charge in [-0.2, -0.15) is 0 Å². The molecular formula is C12H17N5. The highest BCUT2D eigenvalue weighted by atomic mass is 15.3. The minimum Gasteiger partial charge on any atom is -0.334 e. The number of hydrogen-bond donors (Lipinski definition) is 2. The molecule has 90 valence electrons. The van der Waals surface area contributed by atoms with Crippen LogP contribution in [0.1, 0.15) is 30.0 Å². The zero-order chi connectivity index (χ0) is 12.3. The summed E-state index contributed by atoms with van der Waals surface area (Å²) in [5, 5.41) is 0. The van der Waals surface area contributed by atoms with Crippen molar-refractivity contribution in [2.24, 2.45) is 5.84 Å². The summed E-state index contributed by atoms with van der Waals surface area (Å²) in [6.45, 7) is 4.92. The first kappa shape index (κ1) is 11.8. The van der Waals surface area contributed by atoms with Crippen LogP contribution >= 0.6 is 0 Å². The molecule has 0 aliphatic carbocycles. The highest BCUT2D eigenvalue weighted by molar-refractivity contribution is 5.28. The van der Waals surface area contributed by atoms with E-state index in [0.717, 1.165) is 23.6 Å². The number of nitrogens with one attached hydrogen (secondary N) is 1. The Morgan fingerprint density at radius 1 is 1.41 bits per heavy atom. The largest absolute Gasteiger partial charge is 0.334 e. The van der Waals surface area contributed by atoms with Crippen LogP contribution in [-0.2, 0) is 6.54 Å². The number of hydrazine groups is 1. The van der Waals surface area contributed by atoms with Gasteiger partial charge in [-0.05, 0) is 25.5 Å². The Hall–Kier alpha value is -1.72. The Morgan fingerprint density at radius 2 is 2.24 bits per heavy atom. The lowest BCUT2D eigenvalue weighted by atomic mass is 10.1. The maximum absolute atomic E-state index is 5.66. The minimum atomic E-state index is -0.126. The third-order valence-electron chi connectivity index (χ3n) is 2.87. The molecule has 2 heterocycles. The van der Waals surface area contributed by atoms with Crippen molar-refractivity contribution in [2.75, 3.05) is 0 Å². The number of hydrogen-bond acceptors (Lipinski definition) is 4. The van der Waals surface area contributed by atoms with Gasteiger partial charge in [-0.1, -0.05) is 6.07 Å². The third-order valence-corrected chi connectivity index (χ3v) is 2.87. The molecule has 2 aromatic rings. The minimum absolute atomic E-state index is 0.126. The van der Waals surface area contributed by atoms with Crippen molar-refractivity contribution in [1.29, 1.82) is 0 Å². The lowest BCUT2D eigenvalue weighted by molar-refractivity contribution is 0.557. The zero-order valence-electron chi connectivity index (χ0n) is 10.1. The Kier molecular flexibility index (Phi) is 3.51. The fourth-order valence-corrected chi connectivity index (χ4v) is 1.95. The number of aryl methyl sites for hydroxylation is 2. The maximum atomic E-state index is 5.66. The van der Waals surface area contributed by atoms with Crippen LogP contribution in [-0.4, -0.2) is 14.5 Å². The molecule has 5 heteroatoms. The fraction of sp³-hybridized carbons (Fsp3) is 0.333. The van der Waals surface area contributed by atoms with E-state index in [1.807, 2.05) is 25.3 Å². The van der Waals surface area contributed by atoms with E-state index in [9.17, 15) is 0 Å². The number of nitrogens with two attached hydrogens (primary N) is 1. The van der Waals surface area contributed by atoms with Gasteiger partial charge >= 0.3 is 0 Å². The van der Waals surface area contributed by atoms with E-state index in [-0.39, 0.29) is 6.04 Å². The summed E-state index contributed by atoms with van der Waals surface area (Å²) < 4.78 is 2.07. The molecule has 0 bridgehead atoms. The van der Waals surface area contributed by atoms with Crippen LogP contribution in [0.3, 0.4) is 0 Å². The topological polar surface area (TPSA) is 68.8 Å². The molecule has 0 aromatic carbocycles. The molecule has 0 aliphatic heterocycles. The molecule has 2 rings (SSSR count). The lowest BCUT2D eigenvalue weighted by Crippen LogP contribution is -2.31. The molecule has 0 amide bonds. The van der Waals surface area contributed by atoms with Crippen molar-refractivity contribution in [3.05, 3.63) is 47.8 Å². The Balaban J connectivity index is 2.44. The normalized spacial score (nSPS) is 12.6. The average molecular weight is 231 g/mol. The van der Waals surface area contributed by atoms with E-state index in [1.165, 1.54) is 0 Å². The maximum Gasteiger partial charge on any atom is 0.131 e. The number of nitrogens with zero attached hydrogens (tertiary/aromatic N) is 3. The molecule has 17 heavy (non-hydrogen) atoms. The van der Waals surface area contributed by atoms with E-state index in [1.54, 1.807) is 12.4 Å². The van der Waals surface area contributed by atoms with E-state index in [0.29, 0.717) is 0 Å². The smallest absolute Gasteiger partial charge is 0.131 e. The van der Waals surface area contributed by atoms with Crippen LogP contribution in [0.5, 0.6) is 0 Å². The van der Waals surface area contributed by atoms with Crippen molar-refractivity contribution in [1.82, 2.24) is 20.0 Å². The summed E-state index contributed by atoms with van der Waals surface area (Å²) in [5.41, 5.74) is 4.82. The fourth-order valence-electron chi connectivity index (χ4n) is 1.95. The van der Waals surface area contributed by atoms with Crippen LogP contribution in [0.4, 0.5) is 0 Å². The van der Waals surface area contributed by atoms with Gasteiger partial charge in [0.1, 0.15) is 11.9 Å². The summed E-state index contributed by atoms with van der Waals surface area (Å²) in [4.78, 5) is 8.65. The molecule has 2 aromatic heterocycles. The summed E-state index contributed by atoms with van der Waals surface area (Å²) in [6, 6.07) is 3.80. The van der Waals surface area contributed by atoms with Crippen molar-refractivity contribution >= 4 is 0 Å². The molecule has 0 radical (unpaired) electrons. The van der Waals surface area contributed by atoms with Crippen LogP contribution < -0.4 is 11.3 Å². The third kappa shape index (κ3) is 2.20. The molecule has 3 N–H and O–H groups in total. The predicted octanol–water partition coefficient (Wildman–Crippen LogP) is 1.16. The van der Waals surface area contributed by atoms with Gasteiger partial charge in [-0.15, -0.1) is 0 Å². The second-order valence-corrected chi connectivity index (χ2v) is 3.85. The van der Waals surface area contributed by atoms with Gasteiger partial charge in [0.15, 0.2) is 0 Å². The van der Waals surface area contributed by atoms with Gasteiger partial charge in [0.2, 0.25) is 0 Å². The van der Waals surface area contributed by atoms with E-state index >= 15 is 0 Å². The summed E-state index contributed by atoms with van der Waals surface area (Å²) in [6.07, 6.45) is 5.51. The van der Waals surface area contributed by atoms with Gasteiger partial charge < -0.3 is 4.57 Å². The molecule has 1 atom stereocenters. The first-order chi connectivity index (χ1) is 8.27. The Labute approximate surface area is 101 Å². The molecule has 0 spiro atoms. The lowest BCUT2D eigenvalue weighted by Gasteiger charge is -2.18. The highest BCUT2D eigenvalue weighted by Gasteiger charge is 2.19. The van der Waals surface area contributed by atoms with Crippen LogP contribution in [0.15, 0.2) is 30.7 Å². The standard InChI is InChI=1S/C12H17N5/c1-3-17-8-7-15-12(17)11(16-13)10-5-4-6-14-9(10)2/h4-8,11,16H,3,13H2,1-2H3. The second kappa shape index (κ2) is 5.07. The Bertz CT molecular complexity index is 491. The monoisotopic (exact) mass is 231 g/mol. The molecule has 5 nitrogen and oxygen atoms in total. The summed E-state index contributed by atoms with van der Waals surface area (Å²) in [5.74, 6) is 6.57. The molecule has 0 saturated carbocycles. The van der Waals surface area contributed by atoms with Gasteiger partial charge in [0.25, 0.3) is 0 Å². The molecule has 0 fully saturated rings. The SMILES string of the molecule is CCn1ccnc1C(NN)c1cccnc1C. The number of imidazole rings is 1. The van der Waals surface area contributed by atoms with Crippen molar-refractivity contribution in [3.8, 4) is 0 Å². The zero-order valence-corrected chi connectivity index (χ0v) is 10.1. The van der Waals surface area contributed by atoms with Crippen LogP contribution in [0.25, 0.3) is 0 Å². The van der Waals surface area contributed by atoms with Gasteiger partial charge in [0.05, 0.1) is 0 Å². The first-order valence-corrected chi connectivity index (χ1v) is 5.66. The second-order valence-electron chi connectivity index (χ2n) is 3.85. The van der Waals surface area contributed by atoms with Gasteiger partial charge in [0, 0.05) is 30.8 Å². The van der Waals surface area contributed by atoms with Crippen molar-refractivity contribution in [3.63, 3.8) is 0 Å². The van der Waals surface area contributed by atoms with Crippen LogP contribution in [0.2, 0.25) is 0 Å². The van der Waals surface area contributed by atoms with Crippen LogP contribution in [0, 0.1) is 6.92 Å². The quantitative estimate of drug-likeness (QED) is 0.612.